The molecule has 17 heavy (non-hydrogen) atoms. The lowest BCUT2D eigenvalue weighted by Gasteiger charge is -2.30. The average molecular weight is 233 g/mol. The number of nitrogen functional groups attached to an aromatic ring is 1. The highest BCUT2D eigenvalue weighted by Gasteiger charge is 2.18. The topological polar surface area (TPSA) is 73.3 Å². The molecule has 0 aromatic heterocycles. The Labute approximate surface area is 102 Å². The second-order valence-corrected chi connectivity index (χ2v) is 4.60. The molecule has 1 fully saturated rings. The molecule has 0 spiro atoms. The average Bonchev–Trinajstić information content (AvgIpc) is 2.29. The Morgan fingerprint density at radius 3 is 2.94 bits per heavy atom. The van der Waals surface area contributed by atoms with Gasteiger partial charge in [0.05, 0.1) is 6.10 Å². The molecule has 1 unspecified atom stereocenters. The van der Waals surface area contributed by atoms with Crippen molar-refractivity contribution in [2.24, 2.45) is 5.73 Å². The third-order valence-corrected chi connectivity index (χ3v) is 3.18. The number of nitrogens with two attached hydrogens (primary N) is 1. The smallest absolute Gasteiger partial charge is 0.123 e. The number of benzene rings is 1. The monoisotopic (exact) mass is 233 g/mol. The van der Waals surface area contributed by atoms with Crippen LogP contribution in [0.25, 0.3) is 0 Å². The van der Waals surface area contributed by atoms with Gasteiger partial charge in [-0.2, -0.15) is 0 Å². The van der Waals surface area contributed by atoms with Crippen LogP contribution in [0, 0.1) is 5.41 Å². The Hall–Kier alpha value is -1.39. The van der Waals surface area contributed by atoms with Crippen molar-refractivity contribution in [3.63, 3.8) is 0 Å². The second-order valence-electron chi connectivity index (χ2n) is 4.60. The van der Waals surface area contributed by atoms with Crippen LogP contribution in [0.15, 0.2) is 24.3 Å². The van der Waals surface area contributed by atoms with Gasteiger partial charge >= 0.3 is 0 Å². The summed E-state index contributed by atoms with van der Waals surface area (Å²) in [5.74, 6) is 0.109. The number of amidine groups is 1. The van der Waals surface area contributed by atoms with Crippen LogP contribution >= 0.6 is 0 Å². The second kappa shape index (κ2) is 5.29. The van der Waals surface area contributed by atoms with Crippen LogP contribution in [0.5, 0.6) is 0 Å². The van der Waals surface area contributed by atoms with Crippen molar-refractivity contribution in [3.05, 3.63) is 35.4 Å². The number of aliphatic hydroxyl groups is 1. The Bertz CT molecular complexity index is 405. The number of likely N-dealkylation sites (tertiary alicyclic amines) is 1. The van der Waals surface area contributed by atoms with Gasteiger partial charge in [0.25, 0.3) is 0 Å². The van der Waals surface area contributed by atoms with Crippen molar-refractivity contribution < 1.29 is 5.11 Å². The van der Waals surface area contributed by atoms with E-state index in [1.54, 1.807) is 0 Å². The van der Waals surface area contributed by atoms with Crippen molar-refractivity contribution in [2.75, 3.05) is 13.1 Å². The van der Waals surface area contributed by atoms with E-state index in [2.05, 4.69) is 4.90 Å². The first-order valence-electron chi connectivity index (χ1n) is 5.99. The van der Waals surface area contributed by atoms with Crippen molar-refractivity contribution in [2.45, 2.75) is 25.5 Å². The van der Waals surface area contributed by atoms with Crippen LogP contribution in [-0.2, 0) is 6.54 Å². The fourth-order valence-corrected chi connectivity index (χ4v) is 2.34. The van der Waals surface area contributed by atoms with Gasteiger partial charge in [0.2, 0.25) is 0 Å². The van der Waals surface area contributed by atoms with Crippen molar-refractivity contribution in [1.82, 2.24) is 4.90 Å². The fourth-order valence-electron chi connectivity index (χ4n) is 2.34. The van der Waals surface area contributed by atoms with E-state index in [1.165, 1.54) is 0 Å². The molecule has 1 heterocycles. The number of aliphatic hydroxyl groups excluding tert-OH is 1. The molecular formula is C13H19N3O. The summed E-state index contributed by atoms with van der Waals surface area (Å²) >= 11 is 0. The first-order chi connectivity index (χ1) is 8.16. The minimum absolute atomic E-state index is 0.109. The molecule has 0 aliphatic carbocycles. The number of nitrogens with one attached hydrogen (secondary N) is 1. The summed E-state index contributed by atoms with van der Waals surface area (Å²) in [5.41, 5.74) is 7.43. The molecule has 1 aromatic carbocycles. The summed E-state index contributed by atoms with van der Waals surface area (Å²) in [5, 5.41) is 17.2. The number of nitrogens with zero attached hydrogens (tertiary/aromatic N) is 1. The van der Waals surface area contributed by atoms with Crippen LogP contribution in [0.2, 0.25) is 0 Å². The molecule has 2 rings (SSSR count). The Balaban J connectivity index is 2.10. The summed E-state index contributed by atoms with van der Waals surface area (Å²) in [6.45, 7) is 2.47. The number of piperidine rings is 1. The van der Waals surface area contributed by atoms with E-state index >= 15 is 0 Å². The molecule has 1 aliphatic heterocycles. The third-order valence-electron chi connectivity index (χ3n) is 3.18. The van der Waals surface area contributed by atoms with Gasteiger partial charge in [-0.15, -0.1) is 0 Å². The highest BCUT2D eigenvalue weighted by Crippen LogP contribution is 2.16. The van der Waals surface area contributed by atoms with E-state index in [0.29, 0.717) is 6.54 Å². The summed E-state index contributed by atoms with van der Waals surface area (Å²) in [4.78, 5) is 2.22. The molecule has 0 amide bonds. The maximum Gasteiger partial charge on any atom is 0.123 e. The predicted molar refractivity (Wildman–Crippen MR) is 68.0 cm³/mol. The summed E-state index contributed by atoms with van der Waals surface area (Å²) < 4.78 is 0. The lowest BCUT2D eigenvalue weighted by Crippen LogP contribution is -2.38. The first-order valence-corrected chi connectivity index (χ1v) is 5.99. The largest absolute Gasteiger partial charge is 0.392 e. The number of hydrogen-bond donors (Lipinski definition) is 3. The van der Waals surface area contributed by atoms with Crippen LogP contribution in [0.1, 0.15) is 24.0 Å². The Morgan fingerprint density at radius 1 is 1.47 bits per heavy atom. The summed E-state index contributed by atoms with van der Waals surface area (Å²) in [6, 6.07) is 7.73. The summed E-state index contributed by atoms with van der Waals surface area (Å²) in [7, 11) is 0. The molecule has 92 valence electrons. The van der Waals surface area contributed by atoms with Gasteiger partial charge in [-0.1, -0.05) is 24.3 Å². The number of β-amino-alcohol motifs (C(OH)–C–C–N with tert-alkyl or cyclic N) is 1. The SMILES string of the molecule is N=C(N)c1ccccc1CN1CCCC(O)C1. The van der Waals surface area contributed by atoms with E-state index < -0.39 is 0 Å². The highest BCUT2D eigenvalue weighted by atomic mass is 16.3. The molecule has 4 nitrogen and oxygen atoms in total. The molecule has 1 atom stereocenters. The fraction of sp³-hybridized carbons (Fsp3) is 0.462. The van der Waals surface area contributed by atoms with E-state index in [1.807, 2.05) is 24.3 Å². The van der Waals surface area contributed by atoms with Crippen molar-refractivity contribution in [1.29, 1.82) is 5.41 Å². The van der Waals surface area contributed by atoms with Gasteiger partial charge in [-0.05, 0) is 24.9 Å². The molecule has 4 N–H and O–H groups in total. The lowest BCUT2D eigenvalue weighted by atomic mass is 10.0. The Kier molecular flexibility index (Phi) is 3.76. The van der Waals surface area contributed by atoms with Gasteiger partial charge in [0.15, 0.2) is 0 Å². The summed E-state index contributed by atoms with van der Waals surface area (Å²) in [6.07, 6.45) is 1.71. The van der Waals surface area contributed by atoms with E-state index in [9.17, 15) is 5.11 Å². The maximum absolute atomic E-state index is 9.63. The molecule has 0 bridgehead atoms. The molecule has 1 aliphatic rings. The van der Waals surface area contributed by atoms with Gasteiger partial charge in [-0.3, -0.25) is 10.3 Å². The zero-order chi connectivity index (χ0) is 12.3. The number of rotatable bonds is 3. The molecule has 1 saturated heterocycles. The van der Waals surface area contributed by atoms with Crippen molar-refractivity contribution in [3.8, 4) is 0 Å². The molecule has 4 heteroatoms. The quantitative estimate of drug-likeness (QED) is 0.537. The molecule has 1 aromatic rings. The standard InChI is InChI=1S/C13H19N3O/c14-13(15)12-6-2-1-4-10(12)8-16-7-3-5-11(17)9-16/h1-2,4,6,11,17H,3,5,7-9H2,(H3,14,15). The lowest BCUT2D eigenvalue weighted by molar-refractivity contribution is 0.0668. The van der Waals surface area contributed by atoms with Crippen LogP contribution in [0.3, 0.4) is 0 Å². The molecule has 0 saturated carbocycles. The van der Waals surface area contributed by atoms with Gasteiger partial charge in [0, 0.05) is 18.7 Å². The molecular weight excluding hydrogens is 214 g/mol. The van der Waals surface area contributed by atoms with E-state index in [-0.39, 0.29) is 11.9 Å². The van der Waals surface area contributed by atoms with Crippen LogP contribution in [0.4, 0.5) is 0 Å². The van der Waals surface area contributed by atoms with E-state index in [0.717, 1.165) is 37.1 Å². The zero-order valence-electron chi connectivity index (χ0n) is 9.89. The first kappa shape index (κ1) is 12.1. The van der Waals surface area contributed by atoms with E-state index in [4.69, 9.17) is 11.1 Å². The third kappa shape index (κ3) is 3.05. The minimum Gasteiger partial charge on any atom is -0.392 e. The maximum atomic E-state index is 9.63. The van der Waals surface area contributed by atoms with Crippen LogP contribution < -0.4 is 5.73 Å². The molecule has 0 radical (unpaired) electrons. The highest BCUT2D eigenvalue weighted by molar-refractivity contribution is 5.96. The van der Waals surface area contributed by atoms with Gasteiger partial charge in [0.1, 0.15) is 5.84 Å². The predicted octanol–water partition coefficient (Wildman–Crippen LogP) is 0.927. The van der Waals surface area contributed by atoms with Crippen LogP contribution in [-0.4, -0.2) is 35.0 Å². The Morgan fingerprint density at radius 2 is 2.24 bits per heavy atom. The minimum atomic E-state index is -0.215. The normalized spacial score (nSPS) is 21.4. The van der Waals surface area contributed by atoms with Gasteiger partial charge < -0.3 is 10.8 Å². The van der Waals surface area contributed by atoms with Crippen molar-refractivity contribution >= 4 is 5.84 Å². The number of hydrogen-bond acceptors (Lipinski definition) is 3. The van der Waals surface area contributed by atoms with Gasteiger partial charge in [-0.25, -0.2) is 0 Å². The zero-order valence-corrected chi connectivity index (χ0v) is 9.89.